The molecular formula is C20H22N2O4. The number of ketones is 2. The van der Waals surface area contributed by atoms with Crippen LogP contribution >= 0.6 is 0 Å². The first-order chi connectivity index (χ1) is 12.6. The van der Waals surface area contributed by atoms with Crippen molar-refractivity contribution < 1.29 is 19.4 Å². The standard InChI is InChI=1S/C20H22N2O4/c21-14-11-15(26-10-6-2-1-5-9-23)18(22)17-16(14)19(24)12-7-3-4-8-13(12)20(17)25/h3-4,7-8,11,23H,1-2,5-6,9-10,21-22H2. The van der Waals surface area contributed by atoms with Crippen molar-refractivity contribution in [3.63, 3.8) is 0 Å². The first-order valence-electron chi connectivity index (χ1n) is 8.70. The van der Waals surface area contributed by atoms with Gasteiger partial charge in [-0.1, -0.05) is 30.7 Å². The molecule has 0 saturated carbocycles. The molecule has 0 saturated heterocycles. The molecule has 0 atom stereocenters. The number of nitrogen functional groups attached to an aromatic ring is 2. The molecule has 0 aromatic heterocycles. The number of carbonyl (C=O) groups excluding carboxylic acids is 2. The zero-order valence-corrected chi connectivity index (χ0v) is 14.5. The number of nitrogens with two attached hydrogens (primary N) is 2. The van der Waals surface area contributed by atoms with Crippen LogP contribution < -0.4 is 16.2 Å². The number of fused-ring (bicyclic) bond motifs is 2. The summed E-state index contributed by atoms with van der Waals surface area (Å²) in [7, 11) is 0. The highest BCUT2D eigenvalue weighted by Gasteiger charge is 2.34. The summed E-state index contributed by atoms with van der Waals surface area (Å²) in [5.74, 6) is -0.285. The maximum Gasteiger partial charge on any atom is 0.196 e. The molecule has 0 bridgehead atoms. The number of ether oxygens (including phenoxy) is 1. The van der Waals surface area contributed by atoms with Gasteiger partial charge in [-0.2, -0.15) is 0 Å². The van der Waals surface area contributed by atoms with E-state index in [2.05, 4.69) is 0 Å². The Labute approximate surface area is 151 Å². The largest absolute Gasteiger partial charge is 0.491 e. The van der Waals surface area contributed by atoms with Gasteiger partial charge in [0.25, 0.3) is 0 Å². The van der Waals surface area contributed by atoms with E-state index in [1.807, 2.05) is 0 Å². The summed E-state index contributed by atoms with van der Waals surface area (Å²) < 4.78 is 5.70. The monoisotopic (exact) mass is 354 g/mol. The third-order valence-electron chi connectivity index (χ3n) is 4.54. The Morgan fingerprint density at radius 2 is 1.50 bits per heavy atom. The number of benzene rings is 2. The van der Waals surface area contributed by atoms with Crippen molar-refractivity contribution in [2.24, 2.45) is 0 Å². The van der Waals surface area contributed by atoms with Crippen LogP contribution in [0.5, 0.6) is 5.75 Å². The van der Waals surface area contributed by atoms with Crippen molar-refractivity contribution in [1.82, 2.24) is 0 Å². The summed E-state index contributed by atoms with van der Waals surface area (Å²) in [6.07, 6.45) is 3.41. The van der Waals surface area contributed by atoms with E-state index in [1.165, 1.54) is 6.07 Å². The summed E-state index contributed by atoms with van der Waals surface area (Å²) in [6, 6.07) is 8.17. The summed E-state index contributed by atoms with van der Waals surface area (Å²) in [5, 5.41) is 8.78. The number of carbonyl (C=O) groups is 2. The summed E-state index contributed by atoms with van der Waals surface area (Å²) >= 11 is 0. The predicted molar refractivity (Wildman–Crippen MR) is 99.6 cm³/mol. The van der Waals surface area contributed by atoms with Gasteiger partial charge >= 0.3 is 0 Å². The molecule has 3 rings (SSSR count). The Bertz CT molecular complexity index is 861. The molecule has 0 aliphatic heterocycles. The minimum atomic E-state index is -0.312. The van der Waals surface area contributed by atoms with Crippen LogP contribution in [0.25, 0.3) is 0 Å². The molecular weight excluding hydrogens is 332 g/mol. The van der Waals surface area contributed by atoms with Gasteiger partial charge in [-0.3, -0.25) is 9.59 Å². The van der Waals surface area contributed by atoms with Crippen molar-refractivity contribution in [2.75, 3.05) is 24.7 Å². The van der Waals surface area contributed by atoms with Gasteiger partial charge in [-0.25, -0.2) is 0 Å². The lowest BCUT2D eigenvalue weighted by Gasteiger charge is -2.22. The van der Waals surface area contributed by atoms with E-state index in [9.17, 15) is 9.59 Å². The van der Waals surface area contributed by atoms with E-state index in [0.29, 0.717) is 23.5 Å². The molecule has 0 radical (unpaired) electrons. The number of rotatable bonds is 7. The lowest BCUT2D eigenvalue weighted by atomic mass is 9.82. The highest BCUT2D eigenvalue weighted by molar-refractivity contribution is 6.32. The van der Waals surface area contributed by atoms with Gasteiger partial charge < -0.3 is 21.3 Å². The topological polar surface area (TPSA) is 116 Å². The van der Waals surface area contributed by atoms with Crippen molar-refractivity contribution in [3.05, 3.63) is 52.6 Å². The Morgan fingerprint density at radius 3 is 2.15 bits per heavy atom. The van der Waals surface area contributed by atoms with Gasteiger partial charge in [-0.05, 0) is 19.3 Å². The quantitative estimate of drug-likeness (QED) is 0.443. The molecule has 1 aliphatic rings. The molecule has 0 heterocycles. The van der Waals surface area contributed by atoms with Gasteiger partial charge in [0, 0.05) is 29.5 Å². The van der Waals surface area contributed by atoms with Crippen LogP contribution in [0.1, 0.15) is 57.5 Å². The van der Waals surface area contributed by atoms with Crippen LogP contribution in [0.2, 0.25) is 0 Å². The maximum atomic E-state index is 12.9. The normalized spacial score (nSPS) is 12.7. The number of aliphatic hydroxyl groups is 1. The molecule has 0 unspecified atom stereocenters. The van der Waals surface area contributed by atoms with E-state index in [4.69, 9.17) is 21.3 Å². The van der Waals surface area contributed by atoms with E-state index in [-0.39, 0.29) is 40.7 Å². The molecule has 0 spiro atoms. The second kappa shape index (κ2) is 7.58. The SMILES string of the molecule is Nc1cc(OCCCCCCO)c(N)c2c1C(=O)c1ccccc1C2=O. The smallest absolute Gasteiger partial charge is 0.196 e. The van der Waals surface area contributed by atoms with Crippen LogP contribution in [0.15, 0.2) is 30.3 Å². The summed E-state index contributed by atoms with van der Waals surface area (Å²) in [5.41, 5.74) is 13.5. The first kappa shape index (κ1) is 17.9. The van der Waals surface area contributed by atoms with Crippen molar-refractivity contribution >= 4 is 22.9 Å². The molecule has 0 fully saturated rings. The number of aliphatic hydroxyl groups excluding tert-OH is 1. The first-order valence-corrected chi connectivity index (χ1v) is 8.70. The van der Waals surface area contributed by atoms with Gasteiger partial charge in [-0.15, -0.1) is 0 Å². The van der Waals surface area contributed by atoms with Gasteiger partial charge in [0.15, 0.2) is 11.6 Å². The second-order valence-electron chi connectivity index (χ2n) is 6.32. The second-order valence-corrected chi connectivity index (χ2v) is 6.32. The van der Waals surface area contributed by atoms with Gasteiger partial charge in [0.05, 0.1) is 23.4 Å². The van der Waals surface area contributed by atoms with Gasteiger partial charge in [0.1, 0.15) is 5.75 Å². The fraction of sp³-hybridized carbons (Fsp3) is 0.300. The molecule has 2 aromatic rings. The molecule has 0 amide bonds. The molecule has 2 aromatic carbocycles. The number of anilines is 2. The minimum Gasteiger partial charge on any atom is -0.491 e. The lowest BCUT2D eigenvalue weighted by molar-refractivity contribution is 0.0980. The molecule has 6 nitrogen and oxygen atoms in total. The Balaban J connectivity index is 1.87. The Kier molecular flexibility index (Phi) is 5.23. The molecule has 5 N–H and O–H groups in total. The highest BCUT2D eigenvalue weighted by atomic mass is 16.5. The third kappa shape index (κ3) is 3.15. The van der Waals surface area contributed by atoms with Crippen LogP contribution in [0, 0.1) is 0 Å². The average molecular weight is 354 g/mol. The Hall–Kier alpha value is -2.86. The number of hydrogen-bond acceptors (Lipinski definition) is 6. The number of unbranched alkanes of at least 4 members (excludes halogenated alkanes) is 3. The average Bonchev–Trinajstić information content (AvgIpc) is 2.65. The fourth-order valence-corrected chi connectivity index (χ4v) is 3.19. The van der Waals surface area contributed by atoms with Crippen LogP contribution in [-0.4, -0.2) is 29.9 Å². The van der Waals surface area contributed by atoms with Crippen LogP contribution in [0.4, 0.5) is 11.4 Å². The van der Waals surface area contributed by atoms with E-state index >= 15 is 0 Å². The summed E-state index contributed by atoms with van der Waals surface area (Å²) in [6.45, 7) is 0.610. The van der Waals surface area contributed by atoms with E-state index in [0.717, 1.165) is 25.7 Å². The molecule has 136 valence electrons. The fourth-order valence-electron chi connectivity index (χ4n) is 3.19. The van der Waals surface area contributed by atoms with Crippen molar-refractivity contribution in [1.29, 1.82) is 0 Å². The Morgan fingerprint density at radius 1 is 0.885 bits per heavy atom. The van der Waals surface area contributed by atoms with E-state index < -0.39 is 0 Å². The highest BCUT2D eigenvalue weighted by Crippen LogP contribution is 2.39. The lowest BCUT2D eigenvalue weighted by Crippen LogP contribution is -2.24. The van der Waals surface area contributed by atoms with Crippen molar-refractivity contribution in [2.45, 2.75) is 25.7 Å². The zero-order chi connectivity index (χ0) is 18.7. The molecule has 1 aliphatic carbocycles. The van der Waals surface area contributed by atoms with E-state index in [1.54, 1.807) is 24.3 Å². The van der Waals surface area contributed by atoms with Crippen molar-refractivity contribution in [3.8, 4) is 5.75 Å². The predicted octanol–water partition coefficient (Wildman–Crippen LogP) is 2.56. The number of hydrogen-bond donors (Lipinski definition) is 3. The van der Waals surface area contributed by atoms with Crippen LogP contribution in [0.3, 0.4) is 0 Å². The third-order valence-corrected chi connectivity index (χ3v) is 4.54. The van der Waals surface area contributed by atoms with Gasteiger partial charge in [0.2, 0.25) is 0 Å². The molecule has 26 heavy (non-hydrogen) atoms. The summed E-state index contributed by atoms with van der Waals surface area (Å²) in [4.78, 5) is 25.6. The zero-order valence-electron chi connectivity index (χ0n) is 14.5. The molecule has 6 heteroatoms. The van der Waals surface area contributed by atoms with Crippen LogP contribution in [-0.2, 0) is 0 Å². The minimum absolute atomic E-state index is 0.129. The maximum absolute atomic E-state index is 12.9.